The van der Waals surface area contributed by atoms with Crippen molar-refractivity contribution in [2.24, 2.45) is 5.92 Å². The van der Waals surface area contributed by atoms with Crippen LogP contribution in [0.1, 0.15) is 25.7 Å². The van der Waals surface area contributed by atoms with Gasteiger partial charge in [-0.2, -0.15) is 0 Å². The molecule has 0 saturated carbocycles. The van der Waals surface area contributed by atoms with Crippen LogP contribution >= 0.6 is 12.4 Å². The lowest BCUT2D eigenvalue weighted by Crippen LogP contribution is -2.57. The lowest BCUT2D eigenvalue weighted by Gasteiger charge is -2.41. The monoisotopic (exact) mass is 317 g/mol. The van der Waals surface area contributed by atoms with Gasteiger partial charge in [0.15, 0.2) is 0 Å². The summed E-state index contributed by atoms with van der Waals surface area (Å²) in [7, 11) is 0. The van der Waals surface area contributed by atoms with E-state index in [1.807, 2.05) is 0 Å². The smallest absolute Gasteiger partial charge is 0.236 e. The molecule has 0 bridgehead atoms. The Labute approximate surface area is 133 Å². The number of nitrogens with zero attached hydrogens (tertiary/aromatic N) is 2. The molecule has 0 aromatic heterocycles. The van der Waals surface area contributed by atoms with Gasteiger partial charge in [0.05, 0.1) is 6.54 Å². The van der Waals surface area contributed by atoms with E-state index in [1.54, 1.807) is 0 Å². The van der Waals surface area contributed by atoms with Gasteiger partial charge in [-0.15, -0.1) is 12.4 Å². The molecule has 1 amide bonds. The maximum Gasteiger partial charge on any atom is 0.236 e. The fraction of sp³-hybridized carbons (Fsp3) is 0.933. The molecule has 122 valence electrons. The van der Waals surface area contributed by atoms with Crippen LogP contribution in [-0.2, 0) is 9.53 Å². The first-order chi connectivity index (χ1) is 9.83. The minimum atomic E-state index is 0. The third-order valence-corrected chi connectivity index (χ3v) is 4.93. The highest BCUT2D eigenvalue weighted by Crippen LogP contribution is 2.20. The summed E-state index contributed by atoms with van der Waals surface area (Å²) in [6.07, 6.45) is 4.88. The second-order valence-corrected chi connectivity index (χ2v) is 6.38. The molecule has 0 radical (unpaired) electrons. The summed E-state index contributed by atoms with van der Waals surface area (Å²) in [4.78, 5) is 16.7. The maximum atomic E-state index is 12.0. The molecule has 3 heterocycles. The van der Waals surface area contributed by atoms with Crippen molar-refractivity contribution in [2.75, 3.05) is 52.5 Å². The van der Waals surface area contributed by atoms with E-state index in [9.17, 15) is 4.79 Å². The van der Waals surface area contributed by atoms with E-state index in [1.165, 1.54) is 38.8 Å². The molecular weight excluding hydrogens is 290 g/mol. The first kappa shape index (κ1) is 17.0. The number of hydrogen-bond donors (Lipinski definition) is 1. The summed E-state index contributed by atoms with van der Waals surface area (Å²) < 4.78 is 5.45. The SMILES string of the molecule is Cl.O=C1CNCCN1C1CCCN(CCC2CCOC2)C1. The minimum Gasteiger partial charge on any atom is -0.381 e. The number of carbonyl (C=O) groups is 1. The van der Waals surface area contributed by atoms with Crippen molar-refractivity contribution in [3.05, 3.63) is 0 Å². The zero-order valence-electron chi connectivity index (χ0n) is 12.8. The molecule has 2 unspecified atom stereocenters. The van der Waals surface area contributed by atoms with Crippen LogP contribution in [0.5, 0.6) is 0 Å². The van der Waals surface area contributed by atoms with E-state index in [0.717, 1.165) is 38.8 Å². The molecule has 2 atom stereocenters. The summed E-state index contributed by atoms with van der Waals surface area (Å²) in [5.74, 6) is 1.04. The number of piperidine rings is 1. The molecule has 0 aliphatic carbocycles. The molecule has 3 saturated heterocycles. The molecule has 6 heteroatoms. The lowest BCUT2D eigenvalue weighted by atomic mass is 10.0. The number of halogens is 1. The number of carbonyl (C=O) groups excluding carboxylic acids is 1. The molecule has 0 aromatic rings. The van der Waals surface area contributed by atoms with Crippen molar-refractivity contribution in [1.29, 1.82) is 0 Å². The van der Waals surface area contributed by atoms with Gasteiger partial charge in [-0.25, -0.2) is 0 Å². The largest absolute Gasteiger partial charge is 0.381 e. The third-order valence-electron chi connectivity index (χ3n) is 4.93. The molecular formula is C15H28ClN3O2. The van der Waals surface area contributed by atoms with E-state index in [2.05, 4.69) is 15.1 Å². The number of rotatable bonds is 4. The Hall–Kier alpha value is -0.360. The van der Waals surface area contributed by atoms with Crippen LogP contribution in [-0.4, -0.2) is 74.2 Å². The molecule has 3 aliphatic heterocycles. The molecule has 1 N–H and O–H groups in total. The van der Waals surface area contributed by atoms with E-state index in [-0.39, 0.29) is 18.3 Å². The fourth-order valence-corrected chi connectivity index (χ4v) is 3.67. The number of ether oxygens (including phenoxy) is 1. The molecule has 0 aromatic carbocycles. The van der Waals surface area contributed by atoms with Crippen LogP contribution in [0.4, 0.5) is 0 Å². The number of likely N-dealkylation sites (tertiary alicyclic amines) is 1. The van der Waals surface area contributed by atoms with Gasteiger partial charge in [-0.1, -0.05) is 0 Å². The van der Waals surface area contributed by atoms with E-state index >= 15 is 0 Å². The third kappa shape index (κ3) is 4.55. The molecule has 21 heavy (non-hydrogen) atoms. The van der Waals surface area contributed by atoms with E-state index in [4.69, 9.17) is 4.74 Å². The van der Waals surface area contributed by atoms with Gasteiger partial charge >= 0.3 is 0 Å². The number of amides is 1. The Kier molecular flexibility index (Phi) is 6.74. The summed E-state index contributed by atoms with van der Waals surface area (Å²) in [6, 6.07) is 0.443. The van der Waals surface area contributed by atoms with Crippen LogP contribution < -0.4 is 5.32 Å². The Bertz CT molecular complexity index is 337. The molecule has 3 fully saturated rings. The highest BCUT2D eigenvalue weighted by Gasteiger charge is 2.30. The van der Waals surface area contributed by atoms with Crippen molar-refractivity contribution in [3.8, 4) is 0 Å². The highest BCUT2D eigenvalue weighted by atomic mass is 35.5. The number of nitrogens with one attached hydrogen (secondary N) is 1. The normalized spacial score (nSPS) is 31.2. The van der Waals surface area contributed by atoms with Crippen LogP contribution in [0.15, 0.2) is 0 Å². The van der Waals surface area contributed by atoms with Gasteiger partial charge in [0.25, 0.3) is 0 Å². The number of hydrogen-bond acceptors (Lipinski definition) is 4. The zero-order chi connectivity index (χ0) is 13.8. The predicted octanol–water partition coefficient (Wildman–Crippen LogP) is 0.731. The standard InChI is InChI=1S/C15H27N3O2.ClH/c19-15-10-16-5-8-18(15)14-2-1-6-17(11-14)7-3-13-4-9-20-12-13;/h13-14,16H,1-12H2;1H. The summed E-state index contributed by atoms with van der Waals surface area (Å²) >= 11 is 0. The quantitative estimate of drug-likeness (QED) is 0.830. The predicted molar refractivity (Wildman–Crippen MR) is 84.8 cm³/mol. The van der Waals surface area contributed by atoms with E-state index in [0.29, 0.717) is 12.6 Å². The summed E-state index contributed by atoms with van der Waals surface area (Å²) in [6.45, 7) is 7.69. The van der Waals surface area contributed by atoms with Crippen LogP contribution in [0, 0.1) is 5.92 Å². The summed E-state index contributed by atoms with van der Waals surface area (Å²) in [5, 5.41) is 3.16. The first-order valence-corrected chi connectivity index (χ1v) is 8.13. The van der Waals surface area contributed by atoms with Gasteiger partial charge < -0.3 is 19.9 Å². The topological polar surface area (TPSA) is 44.8 Å². The van der Waals surface area contributed by atoms with Crippen LogP contribution in [0.2, 0.25) is 0 Å². The van der Waals surface area contributed by atoms with Crippen molar-refractivity contribution >= 4 is 18.3 Å². The second-order valence-electron chi connectivity index (χ2n) is 6.38. The summed E-state index contributed by atoms with van der Waals surface area (Å²) in [5.41, 5.74) is 0. The van der Waals surface area contributed by atoms with Gasteiger partial charge in [0.2, 0.25) is 5.91 Å². The molecule has 0 spiro atoms. The van der Waals surface area contributed by atoms with E-state index < -0.39 is 0 Å². The van der Waals surface area contributed by atoms with Gasteiger partial charge in [-0.05, 0) is 44.7 Å². The van der Waals surface area contributed by atoms with Gasteiger partial charge in [0.1, 0.15) is 0 Å². The Balaban J connectivity index is 0.00000161. The van der Waals surface area contributed by atoms with Crippen LogP contribution in [0.3, 0.4) is 0 Å². The first-order valence-electron chi connectivity index (χ1n) is 8.13. The molecule has 5 nitrogen and oxygen atoms in total. The second kappa shape index (κ2) is 8.32. The average Bonchev–Trinajstić information content (AvgIpc) is 2.99. The Morgan fingerprint density at radius 2 is 2.19 bits per heavy atom. The minimum absolute atomic E-state index is 0. The van der Waals surface area contributed by atoms with Crippen molar-refractivity contribution in [1.82, 2.24) is 15.1 Å². The number of piperazine rings is 1. The van der Waals surface area contributed by atoms with Crippen molar-refractivity contribution in [2.45, 2.75) is 31.7 Å². The van der Waals surface area contributed by atoms with Crippen molar-refractivity contribution < 1.29 is 9.53 Å². The Morgan fingerprint density at radius 1 is 1.29 bits per heavy atom. The molecule has 3 rings (SSSR count). The van der Waals surface area contributed by atoms with Crippen molar-refractivity contribution in [3.63, 3.8) is 0 Å². The van der Waals surface area contributed by atoms with Gasteiger partial charge in [0, 0.05) is 38.9 Å². The maximum absolute atomic E-state index is 12.0. The molecule has 3 aliphatic rings. The lowest BCUT2D eigenvalue weighted by molar-refractivity contribution is -0.135. The fourth-order valence-electron chi connectivity index (χ4n) is 3.67. The Morgan fingerprint density at radius 3 is 2.95 bits per heavy atom. The van der Waals surface area contributed by atoms with Crippen LogP contribution in [0.25, 0.3) is 0 Å². The average molecular weight is 318 g/mol. The van der Waals surface area contributed by atoms with Gasteiger partial charge in [-0.3, -0.25) is 4.79 Å². The zero-order valence-corrected chi connectivity index (χ0v) is 13.6. The highest BCUT2D eigenvalue weighted by molar-refractivity contribution is 5.85.